The molecule has 0 aromatic heterocycles. The van der Waals surface area contributed by atoms with Crippen molar-refractivity contribution in [2.24, 2.45) is 0 Å². The number of nitrogens with zero attached hydrogens (tertiary/aromatic N) is 2. The maximum absolute atomic E-state index is 13.2. The number of hydrogen-bond donors (Lipinski definition) is 2. The molecular formula is C21H24N3O5S+. The number of diazo groups is 1. The fraction of sp³-hybridized carbons (Fsp3) is 0.381. The van der Waals surface area contributed by atoms with Gasteiger partial charge in [0.1, 0.15) is 4.98 Å². The van der Waals surface area contributed by atoms with Gasteiger partial charge in [0.15, 0.2) is 0 Å². The molecule has 9 heteroatoms. The SMILES string of the molecule is CCOC(=O)C1([N+]#N)CCCc2ccccc2C1(O)NS(=O)(=O)c1ccc(C)cc1. The Morgan fingerprint density at radius 3 is 2.53 bits per heavy atom. The summed E-state index contributed by atoms with van der Waals surface area (Å²) >= 11 is 0. The largest absolute Gasteiger partial charge is 0.462 e. The zero-order valence-electron chi connectivity index (χ0n) is 16.8. The molecule has 2 unspecified atom stereocenters. The number of aliphatic hydroxyl groups is 1. The Balaban J connectivity index is 2.23. The van der Waals surface area contributed by atoms with Crippen molar-refractivity contribution in [1.82, 2.24) is 4.72 Å². The molecule has 0 spiro atoms. The summed E-state index contributed by atoms with van der Waals surface area (Å²) in [7, 11) is -4.30. The molecule has 0 saturated heterocycles. The quantitative estimate of drug-likeness (QED) is 0.326. The molecule has 2 aromatic rings. The first-order valence-corrected chi connectivity index (χ1v) is 11.1. The van der Waals surface area contributed by atoms with Gasteiger partial charge >= 0.3 is 11.5 Å². The van der Waals surface area contributed by atoms with Crippen LogP contribution in [-0.4, -0.2) is 31.6 Å². The van der Waals surface area contributed by atoms with Crippen LogP contribution in [0.1, 0.15) is 36.5 Å². The topological polar surface area (TPSA) is 121 Å². The van der Waals surface area contributed by atoms with E-state index in [2.05, 4.69) is 9.70 Å². The van der Waals surface area contributed by atoms with Crippen LogP contribution in [-0.2, 0) is 31.7 Å². The number of carbonyl (C=O) groups is 1. The van der Waals surface area contributed by atoms with Crippen LogP contribution in [0, 0.1) is 12.3 Å². The Kier molecular flexibility index (Phi) is 5.94. The highest BCUT2D eigenvalue weighted by atomic mass is 32.2. The van der Waals surface area contributed by atoms with Gasteiger partial charge in [-0.25, -0.2) is 13.2 Å². The van der Waals surface area contributed by atoms with Crippen LogP contribution >= 0.6 is 0 Å². The van der Waals surface area contributed by atoms with Crippen molar-refractivity contribution in [3.8, 4) is 0 Å². The van der Waals surface area contributed by atoms with E-state index in [4.69, 9.17) is 4.74 Å². The lowest BCUT2D eigenvalue weighted by molar-refractivity contribution is -0.161. The molecule has 1 aliphatic carbocycles. The molecule has 0 bridgehead atoms. The van der Waals surface area contributed by atoms with Crippen molar-refractivity contribution < 1.29 is 23.1 Å². The third-order valence-electron chi connectivity index (χ3n) is 5.39. The summed E-state index contributed by atoms with van der Waals surface area (Å²) in [5.41, 5.74) is -3.19. The first-order chi connectivity index (χ1) is 14.2. The van der Waals surface area contributed by atoms with Crippen LogP contribution < -0.4 is 4.72 Å². The molecule has 0 fully saturated rings. The van der Waals surface area contributed by atoms with Gasteiger partial charge in [0, 0.05) is 5.56 Å². The molecule has 0 radical (unpaired) electrons. The summed E-state index contributed by atoms with van der Waals surface area (Å²) in [6, 6.07) is 12.6. The average molecular weight is 431 g/mol. The predicted octanol–water partition coefficient (Wildman–Crippen LogP) is 2.61. The van der Waals surface area contributed by atoms with Crippen LogP contribution in [0.25, 0.3) is 4.98 Å². The minimum absolute atomic E-state index is 0.0292. The van der Waals surface area contributed by atoms with E-state index in [1.807, 2.05) is 6.92 Å². The van der Waals surface area contributed by atoms with Gasteiger partial charge < -0.3 is 9.84 Å². The van der Waals surface area contributed by atoms with Crippen LogP contribution in [0.2, 0.25) is 0 Å². The lowest BCUT2D eigenvalue weighted by Crippen LogP contribution is -2.64. The van der Waals surface area contributed by atoms with Crippen molar-refractivity contribution >= 4 is 16.0 Å². The third-order valence-corrected chi connectivity index (χ3v) is 6.84. The highest BCUT2D eigenvalue weighted by Gasteiger charge is 2.73. The number of hydrogen-bond acceptors (Lipinski definition) is 6. The zero-order valence-corrected chi connectivity index (χ0v) is 17.6. The van der Waals surface area contributed by atoms with E-state index in [-0.39, 0.29) is 23.5 Å². The van der Waals surface area contributed by atoms with E-state index >= 15 is 0 Å². The number of rotatable bonds is 5. The van der Waals surface area contributed by atoms with Crippen molar-refractivity contribution in [2.45, 2.75) is 49.3 Å². The fourth-order valence-electron chi connectivity index (χ4n) is 3.80. The number of aryl methyl sites for hydroxylation is 2. The minimum atomic E-state index is -4.30. The molecule has 8 nitrogen and oxygen atoms in total. The number of sulfonamides is 1. The third kappa shape index (κ3) is 3.58. The molecule has 3 rings (SSSR count). The first-order valence-electron chi connectivity index (χ1n) is 9.65. The number of nitrogens with one attached hydrogen (secondary N) is 1. The van der Waals surface area contributed by atoms with Gasteiger partial charge in [0.05, 0.1) is 17.9 Å². The first kappa shape index (κ1) is 21.9. The fourth-order valence-corrected chi connectivity index (χ4v) is 5.08. The molecule has 0 amide bonds. The van der Waals surface area contributed by atoms with E-state index in [0.717, 1.165) is 5.56 Å². The van der Waals surface area contributed by atoms with Gasteiger partial charge in [-0.15, -0.1) is 0 Å². The van der Waals surface area contributed by atoms with E-state index < -0.39 is 27.3 Å². The summed E-state index contributed by atoms with van der Waals surface area (Å²) in [6.07, 6.45) is 0.708. The lowest BCUT2D eigenvalue weighted by atomic mass is 9.80. The van der Waals surface area contributed by atoms with Gasteiger partial charge in [0.25, 0.3) is 5.72 Å². The summed E-state index contributed by atoms with van der Waals surface area (Å²) in [5, 5.41) is 21.8. The number of fused-ring (bicyclic) bond motifs is 1. The van der Waals surface area contributed by atoms with Crippen molar-refractivity contribution in [3.05, 3.63) is 70.2 Å². The maximum atomic E-state index is 13.2. The van der Waals surface area contributed by atoms with E-state index in [9.17, 15) is 23.7 Å². The molecule has 2 atom stereocenters. The molecule has 2 aromatic carbocycles. The second-order valence-corrected chi connectivity index (χ2v) is 9.00. The van der Waals surface area contributed by atoms with Crippen LogP contribution in [0.4, 0.5) is 0 Å². The van der Waals surface area contributed by atoms with Crippen LogP contribution in [0.5, 0.6) is 0 Å². The molecule has 0 heterocycles. The highest BCUT2D eigenvalue weighted by Crippen LogP contribution is 2.44. The van der Waals surface area contributed by atoms with Gasteiger partial charge in [-0.05, 0) is 44.4 Å². The van der Waals surface area contributed by atoms with Crippen LogP contribution in [0.15, 0.2) is 53.4 Å². The Bertz CT molecular complexity index is 1090. The highest BCUT2D eigenvalue weighted by molar-refractivity contribution is 7.89. The van der Waals surface area contributed by atoms with Gasteiger partial charge in [-0.2, -0.15) is 4.72 Å². The van der Waals surface area contributed by atoms with E-state index in [1.165, 1.54) is 18.2 Å². The number of benzene rings is 2. The smallest absolute Gasteiger partial charge is 0.460 e. The Labute approximate surface area is 175 Å². The molecule has 158 valence electrons. The molecular weight excluding hydrogens is 406 g/mol. The predicted molar refractivity (Wildman–Crippen MR) is 109 cm³/mol. The maximum Gasteiger partial charge on any atom is 0.462 e. The molecule has 1 aliphatic rings. The van der Waals surface area contributed by atoms with Crippen LogP contribution in [0.3, 0.4) is 0 Å². The minimum Gasteiger partial charge on any atom is -0.460 e. The van der Waals surface area contributed by atoms with E-state index in [0.29, 0.717) is 18.4 Å². The Morgan fingerprint density at radius 2 is 1.90 bits per heavy atom. The summed E-state index contributed by atoms with van der Waals surface area (Å²) < 4.78 is 33.7. The molecule has 0 saturated carbocycles. The zero-order chi connectivity index (χ0) is 22.0. The summed E-state index contributed by atoms with van der Waals surface area (Å²) in [4.78, 5) is 16.1. The van der Waals surface area contributed by atoms with E-state index in [1.54, 1.807) is 37.3 Å². The summed E-state index contributed by atoms with van der Waals surface area (Å²) in [6.45, 7) is 3.36. The normalized spacial score (nSPS) is 23.7. The molecule has 0 aliphatic heterocycles. The standard InChI is InChI=1S/C21H24N3O5S/c1-3-29-19(25)20(23-22)14-6-8-16-7-4-5-9-18(16)21(20,26)24-30(27,28)17-12-10-15(2)11-13-17/h4-5,7,9-13,24,26H,3,6,8,14H2,1-2H3/q+1. The second kappa shape index (κ2) is 8.14. The number of carbonyl (C=O) groups excluding carboxylic acids is 1. The molecule has 30 heavy (non-hydrogen) atoms. The lowest BCUT2D eigenvalue weighted by Gasteiger charge is -2.33. The Hall–Kier alpha value is -2.80. The second-order valence-electron chi connectivity index (χ2n) is 7.32. The van der Waals surface area contributed by atoms with Crippen molar-refractivity contribution in [2.75, 3.05) is 6.61 Å². The number of esters is 1. The molecule has 2 N–H and O–H groups in total. The van der Waals surface area contributed by atoms with Crippen molar-refractivity contribution in [3.63, 3.8) is 0 Å². The summed E-state index contributed by atoms with van der Waals surface area (Å²) in [5.74, 6) is -1.02. The number of ether oxygens (including phenoxy) is 1. The average Bonchev–Trinajstić information content (AvgIpc) is 2.83. The van der Waals surface area contributed by atoms with Gasteiger partial charge in [-0.1, -0.05) is 42.0 Å². The Morgan fingerprint density at radius 1 is 1.23 bits per heavy atom. The van der Waals surface area contributed by atoms with Crippen molar-refractivity contribution in [1.29, 1.82) is 5.39 Å². The van der Waals surface area contributed by atoms with Gasteiger partial charge in [-0.3, -0.25) is 0 Å². The monoisotopic (exact) mass is 430 g/mol. The van der Waals surface area contributed by atoms with Gasteiger partial charge in [0.2, 0.25) is 15.4 Å².